The lowest BCUT2D eigenvalue weighted by molar-refractivity contribution is -0.139. The van der Waals surface area contributed by atoms with E-state index in [4.69, 9.17) is 9.47 Å². The second-order valence-corrected chi connectivity index (χ2v) is 6.59. The van der Waals surface area contributed by atoms with E-state index in [9.17, 15) is 9.59 Å². The third kappa shape index (κ3) is 5.55. The lowest BCUT2D eigenvalue weighted by Crippen LogP contribution is -1.99. The number of ether oxygens (including phenoxy) is 2. The zero-order valence-electron chi connectivity index (χ0n) is 16.5. The first-order valence-corrected chi connectivity index (χ1v) is 9.46. The molecule has 0 aliphatic rings. The molecule has 150 valence electrons. The van der Waals surface area contributed by atoms with Gasteiger partial charge in [-0.15, -0.1) is 0 Å². The molecule has 0 amide bonds. The Hall–Kier alpha value is -3.92. The minimum atomic E-state index is -0.430. The summed E-state index contributed by atoms with van der Waals surface area (Å²) in [5, 5.41) is 0. The normalized spacial score (nSPS) is 10.1. The van der Waals surface area contributed by atoms with E-state index in [0.29, 0.717) is 0 Å². The van der Waals surface area contributed by atoms with Gasteiger partial charge in [-0.3, -0.25) is 0 Å². The molecule has 0 spiro atoms. The predicted molar refractivity (Wildman–Crippen MR) is 117 cm³/mol. The van der Waals surface area contributed by atoms with Crippen molar-refractivity contribution in [3.05, 3.63) is 109 Å². The van der Waals surface area contributed by atoms with Crippen molar-refractivity contribution in [2.45, 2.75) is 13.2 Å². The molecule has 3 aromatic rings. The minimum absolute atomic E-state index is 0.229. The van der Waals surface area contributed by atoms with Crippen LogP contribution >= 0.6 is 0 Å². The Morgan fingerprint density at radius 1 is 0.567 bits per heavy atom. The quantitative estimate of drug-likeness (QED) is 0.372. The Kier molecular flexibility index (Phi) is 6.95. The Bertz CT molecular complexity index is 943. The second kappa shape index (κ2) is 10.0. The first-order chi connectivity index (χ1) is 14.6. The van der Waals surface area contributed by atoms with E-state index in [0.717, 1.165) is 45.5 Å². The average molecular weight is 398 g/mol. The van der Waals surface area contributed by atoms with Crippen LogP contribution in [0.2, 0.25) is 0 Å². The first kappa shape index (κ1) is 20.8. The van der Waals surface area contributed by atoms with Crippen molar-refractivity contribution in [1.82, 2.24) is 0 Å². The van der Waals surface area contributed by atoms with Crippen molar-refractivity contribution in [2.24, 2.45) is 0 Å². The monoisotopic (exact) mass is 398 g/mol. The molecular weight excluding hydrogens is 376 g/mol. The number of esters is 2. The molecule has 0 saturated heterocycles. The number of hydrogen-bond donors (Lipinski definition) is 0. The Morgan fingerprint density at radius 2 is 0.833 bits per heavy atom. The molecule has 0 unspecified atom stereocenters. The van der Waals surface area contributed by atoms with E-state index in [1.165, 1.54) is 0 Å². The third-order valence-electron chi connectivity index (χ3n) is 4.55. The molecule has 4 nitrogen and oxygen atoms in total. The third-order valence-corrected chi connectivity index (χ3v) is 4.55. The highest BCUT2D eigenvalue weighted by atomic mass is 16.5. The smallest absolute Gasteiger partial charge is 0.330 e. The molecule has 0 saturated carbocycles. The van der Waals surface area contributed by atoms with Crippen LogP contribution in [0, 0.1) is 0 Å². The fourth-order valence-electron chi connectivity index (χ4n) is 2.87. The van der Waals surface area contributed by atoms with Crippen LogP contribution in [0.1, 0.15) is 11.1 Å². The summed E-state index contributed by atoms with van der Waals surface area (Å²) >= 11 is 0. The van der Waals surface area contributed by atoms with Crippen LogP contribution in [0.3, 0.4) is 0 Å². The van der Waals surface area contributed by atoms with E-state index in [-0.39, 0.29) is 13.2 Å². The molecule has 0 fully saturated rings. The Labute approximate surface area is 176 Å². The molecular formula is C26H22O4. The van der Waals surface area contributed by atoms with Gasteiger partial charge in [-0.2, -0.15) is 0 Å². The molecule has 0 aliphatic carbocycles. The van der Waals surface area contributed by atoms with Gasteiger partial charge < -0.3 is 9.47 Å². The molecule has 0 heterocycles. The average Bonchev–Trinajstić information content (AvgIpc) is 2.81. The molecule has 3 aromatic carbocycles. The summed E-state index contributed by atoms with van der Waals surface area (Å²) in [5.74, 6) is -0.860. The lowest BCUT2D eigenvalue weighted by atomic mass is 9.99. The number of benzene rings is 3. The zero-order chi connectivity index (χ0) is 21.3. The maximum absolute atomic E-state index is 11.1. The molecule has 0 atom stereocenters. The summed E-state index contributed by atoms with van der Waals surface area (Å²) in [4.78, 5) is 22.3. The maximum Gasteiger partial charge on any atom is 0.330 e. The van der Waals surface area contributed by atoms with Gasteiger partial charge in [0.1, 0.15) is 13.2 Å². The highest BCUT2D eigenvalue weighted by molar-refractivity contribution is 5.81. The van der Waals surface area contributed by atoms with Crippen molar-refractivity contribution in [1.29, 1.82) is 0 Å². The molecule has 4 heteroatoms. The Balaban J connectivity index is 1.64. The van der Waals surface area contributed by atoms with Crippen LogP contribution in [-0.2, 0) is 32.3 Å². The van der Waals surface area contributed by atoms with Crippen LogP contribution in [-0.4, -0.2) is 11.9 Å². The van der Waals surface area contributed by atoms with Crippen LogP contribution in [0.5, 0.6) is 0 Å². The summed E-state index contributed by atoms with van der Waals surface area (Å²) in [6.07, 6.45) is 2.31. The van der Waals surface area contributed by atoms with E-state index in [1.807, 2.05) is 48.5 Å². The standard InChI is InChI=1S/C26H22O4/c1-3-25(27)29-17-19-5-9-21(10-6-19)23-13-15-24(16-14-23)22-11-7-20(8-12-22)18-30-26(28)4-2/h3-16H,1-2,17-18H2. The highest BCUT2D eigenvalue weighted by Crippen LogP contribution is 2.25. The fraction of sp³-hybridized carbons (Fsp3) is 0.0769. The van der Waals surface area contributed by atoms with Gasteiger partial charge in [-0.05, 0) is 33.4 Å². The SMILES string of the molecule is C=CC(=O)OCc1ccc(-c2ccc(-c3ccc(COC(=O)C=C)cc3)cc2)cc1. The van der Waals surface area contributed by atoms with Gasteiger partial charge in [0.2, 0.25) is 0 Å². The van der Waals surface area contributed by atoms with Crippen molar-refractivity contribution >= 4 is 11.9 Å². The second-order valence-electron chi connectivity index (χ2n) is 6.59. The van der Waals surface area contributed by atoms with Gasteiger partial charge in [0, 0.05) is 12.2 Å². The number of carbonyl (C=O) groups is 2. The number of rotatable bonds is 8. The molecule has 0 aliphatic heterocycles. The maximum atomic E-state index is 11.1. The van der Waals surface area contributed by atoms with Crippen LogP contribution in [0.15, 0.2) is 98.1 Å². The van der Waals surface area contributed by atoms with E-state index >= 15 is 0 Å². The van der Waals surface area contributed by atoms with E-state index in [2.05, 4.69) is 37.4 Å². The van der Waals surface area contributed by atoms with E-state index < -0.39 is 11.9 Å². The van der Waals surface area contributed by atoms with Crippen molar-refractivity contribution in [3.63, 3.8) is 0 Å². The van der Waals surface area contributed by atoms with E-state index in [1.54, 1.807) is 0 Å². The molecule has 0 radical (unpaired) electrons. The number of hydrogen-bond acceptors (Lipinski definition) is 4. The first-order valence-electron chi connectivity index (χ1n) is 9.46. The summed E-state index contributed by atoms with van der Waals surface area (Å²) in [7, 11) is 0. The van der Waals surface area contributed by atoms with Gasteiger partial charge >= 0.3 is 11.9 Å². The van der Waals surface area contributed by atoms with Gasteiger partial charge in [-0.25, -0.2) is 9.59 Å². The van der Waals surface area contributed by atoms with Crippen molar-refractivity contribution in [3.8, 4) is 22.3 Å². The van der Waals surface area contributed by atoms with Crippen LogP contribution in [0.25, 0.3) is 22.3 Å². The number of carbonyl (C=O) groups excluding carboxylic acids is 2. The molecule has 30 heavy (non-hydrogen) atoms. The summed E-state index contributed by atoms with van der Waals surface area (Å²) < 4.78 is 10.1. The van der Waals surface area contributed by atoms with Crippen molar-refractivity contribution < 1.29 is 19.1 Å². The van der Waals surface area contributed by atoms with Gasteiger partial charge in [-0.1, -0.05) is 86.0 Å². The summed E-state index contributed by atoms with van der Waals surface area (Å²) in [6.45, 7) is 7.22. The van der Waals surface area contributed by atoms with Crippen molar-refractivity contribution in [2.75, 3.05) is 0 Å². The minimum Gasteiger partial charge on any atom is -0.458 e. The Morgan fingerprint density at radius 3 is 1.10 bits per heavy atom. The molecule has 0 aromatic heterocycles. The molecule has 3 rings (SSSR count). The summed E-state index contributed by atoms with van der Waals surface area (Å²) in [6, 6.07) is 24.1. The highest BCUT2D eigenvalue weighted by Gasteiger charge is 2.04. The zero-order valence-corrected chi connectivity index (χ0v) is 16.5. The molecule has 0 bridgehead atoms. The van der Waals surface area contributed by atoms with Crippen LogP contribution < -0.4 is 0 Å². The van der Waals surface area contributed by atoms with Gasteiger partial charge in [0.05, 0.1) is 0 Å². The molecule has 0 N–H and O–H groups in total. The van der Waals surface area contributed by atoms with Gasteiger partial charge in [0.25, 0.3) is 0 Å². The fourth-order valence-corrected chi connectivity index (χ4v) is 2.87. The summed E-state index contributed by atoms with van der Waals surface area (Å²) in [5.41, 5.74) is 6.20. The van der Waals surface area contributed by atoms with Gasteiger partial charge in [0.15, 0.2) is 0 Å². The lowest BCUT2D eigenvalue weighted by Gasteiger charge is -2.08. The van der Waals surface area contributed by atoms with Crippen LogP contribution in [0.4, 0.5) is 0 Å². The predicted octanol–water partition coefficient (Wildman–Crippen LogP) is 5.48. The topological polar surface area (TPSA) is 52.6 Å². The largest absolute Gasteiger partial charge is 0.458 e.